The maximum atomic E-state index is 11.0. The first-order valence-corrected chi connectivity index (χ1v) is 6.27. The Kier molecular flexibility index (Phi) is 8.25. The van der Waals surface area contributed by atoms with Crippen LogP contribution in [0.4, 0.5) is 0 Å². The monoisotopic (exact) mass is 266 g/mol. The van der Waals surface area contributed by atoms with Gasteiger partial charge < -0.3 is 9.84 Å². The average Bonchev–Trinajstić information content (AvgIpc) is 2.82. The van der Waals surface area contributed by atoms with Crippen molar-refractivity contribution in [1.82, 2.24) is 0 Å². The maximum absolute atomic E-state index is 11.0. The number of allylic oxidation sites excluding steroid dienone is 1. The summed E-state index contributed by atoms with van der Waals surface area (Å²) in [6.07, 6.45) is 6.46. The van der Waals surface area contributed by atoms with Crippen LogP contribution in [0.5, 0.6) is 0 Å². The highest BCUT2D eigenvalue weighted by Crippen LogP contribution is 2.21. The van der Waals surface area contributed by atoms with Crippen molar-refractivity contribution < 1.29 is 19.4 Å². The van der Waals surface area contributed by atoms with E-state index in [4.69, 9.17) is 9.84 Å². The molecule has 1 aliphatic carbocycles. The third-order valence-electron chi connectivity index (χ3n) is 2.62. The van der Waals surface area contributed by atoms with Crippen molar-refractivity contribution in [2.75, 3.05) is 0 Å². The van der Waals surface area contributed by atoms with Gasteiger partial charge in [0.25, 0.3) is 0 Å². The van der Waals surface area contributed by atoms with E-state index in [0.717, 1.165) is 12.8 Å². The van der Waals surface area contributed by atoms with E-state index >= 15 is 0 Å². The van der Waals surface area contributed by atoms with Gasteiger partial charge in [-0.3, -0.25) is 0 Å². The van der Waals surface area contributed by atoms with Crippen molar-refractivity contribution in [2.24, 2.45) is 0 Å². The predicted molar refractivity (Wildman–Crippen MR) is 74.8 cm³/mol. The van der Waals surface area contributed by atoms with Crippen LogP contribution in [0, 0.1) is 0 Å². The number of carboxylic acids is 1. The van der Waals surface area contributed by atoms with E-state index < -0.39 is 5.97 Å². The van der Waals surface area contributed by atoms with Crippen LogP contribution in [0.3, 0.4) is 0 Å². The summed E-state index contributed by atoms with van der Waals surface area (Å²) in [6.45, 7) is 11.8. The van der Waals surface area contributed by atoms with Crippen LogP contribution in [0.25, 0.3) is 0 Å². The van der Waals surface area contributed by atoms with Crippen LogP contribution < -0.4 is 0 Å². The first kappa shape index (κ1) is 17.2. The first-order valence-electron chi connectivity index (χ1n) is 6.27. The van der Waals surface area contributed by atoms with Gasteiger partial charge in [-0.1, -0.05) is 19.2 Å². The molecule has 106 valence electrons. The lowest BCUT2D eigenvalue weighted by atomic mass is 10.2. The number of hydrogen-bond donors (Lipinski definition) is 1. The Bertz CT molecular complexity index is 362. The molecule has 0 heterocycles. The third kappa shape index (κ3) is 7.97. The molecule has 1 rings (SSSR count). The zero-order valence-corrected chi connectivity index (χ0v) is 11.5. The maximum Gasteiger partial charge on any atom is 0.333 e. The molecule has 0 amide bonds. The lowest BCUT2D eigenvalue weighted by Gasteiger charge is -2.10. The van der Waals surface area contributed by atoms with E-state index in [1.54, 1.807) is 6.92 Å². The Hall–Kier alpha value is -1.84. The fourth-order valence-electron chi connectivity index (χ4n) is 1.52. The zero-order valence-electron chi connectivity index (χ0n) is 11.5. The Labute approximate surface area is 114 Å². The average molecular weight is 266 g/mol. The van der Waals surface area contributed by atoms with Crippen LogP contribution >= 0.6 is 0 Å². The van der Waals surface area contributed by atoms with Gasteiger partial charge in [-0.2, -0.15) is 0 Å². The minimum atomic E-state index is -0.954. The van der Waals surface area contributed by atoms with Crippen molar-refractivity contribution in [3.05, 3.63) is 37.0 Å². The predicted octanol–water partition coefficient (Wildman–Crippen LogP) is 3.25. The summed E-state index contributed by atoms with van der Waals surface area (Å²) in [5, 5.41) is 8.17. The van der Waals surface area contributed by atoms with Gasteiger partial charge >= 0.3 is 11.9 Å². The molecule has 0 aliphatic heterocycles. The van der Waals surface area contributed by atoms with Crippen LogP contribution in [0.2, 0.25) is 0 Å². The molecule has 1 aliphatic rings. The SMILES string of the molecule is C=C(C)C(=O)OC1CCCC1.C=CCC(=C)C(=O)O. The highest BCUT2D eigenvalue weighted by Gasteiger charge is 2.18. The van der Waals surface area contributed by atoms with Gasteiger partial charge in [-0.05, 0) is 39.0 Å². The number of carbonyl (C=O) groups excluding carboxylic acids is 1. The number of carboxylic acid groups (broad SMARTS) is 1. The van der Waals surface area contributed by atoms with E-state index in [0.29, 0.717) is 12.0 Å². The van der Waals surface area contributed by atoms with Gasteiger partial charge in [0, 0.05) is 11.1 Å². The van der Waals surface area contributed by atoms with E-state index in [-0.39, 0.29) is 17.6 Å². The standard InChI is InChI=1S/C9H14O2.C6H8O2/c1-7(2)9(10)11-8-5-3-4-6-8;1-3-4-5(2)6(7)8/h8H,1,3-6H2,2H3;3H,1-2,4H2,(H,7,8). The number of esters is 1. The molecule has 0 atom stereocenters. The molecular formula is C15H22O4. The summed E-state index contributed by atoms with van der Waals surface area (Å²) in [7, 11) is 0. The summed E-state index contributed by atoms with van der Waals surface area (Å²) in [6, 6.07) is 0. The molecule has 1 fully saturated rings. The summed E-state index contributed by atoms with van der Waals surface area (Å²) >= 11 is 0. The lowest BCUT2D eigenvalue weighted by molar-refractivity contribution is -0.143. The Morgan fingerprint density at radius 2 is 1.84 bits per heavy atom. The van der Waals surface area contributed by atoms with Crippen molar-refractivity contribution in [2.45, 2.75) is 45.1 Å². The van der Waals surface area contributed by atoms with Gasteiger partial charge in [0.2, 0.25) is 0 Å². The number of carbonyl (C=O) groups is 2. The molecule has 0 spiro atoms. The minimum Gasteiger partial charge on any atom is -0.478 e. The molecule has 19 heavy (non-hydrogen) atoms. The highest BCUT2D eigenvalue weighted by molar-refractivity contribution is 5.87. The molecule has 4 heteroatoms. The summed E-state index contributed by atoms with van der Waals surface area (Å²) in [5.41, 5.74) is 0.678. The van der Waals surface area contributed by atoms with E-state index in [1.807, 2.05) is 0 Å². The van der Waals surface area contributed by atoms with Crippen LogP contribution in [-0.2, 0) is 14.3 Å². The molecule has 0 radical (unpaired) electrons. The molecule has 0 aromatic rings. The zero-order chi connectivity index (χ0) is 14.8. The fourth-order valence-corrected chi connectivity index (χ4v) is 1.52. The van der Waals surface area contributed by atoms with Crippen LogP contribution in [-0.4, -0.2) is 23.1 Å². The molecule has 0 aromatic heterocycles. The van der Waals surface area contributed by atoms with Gasteiger partial charge in [0.1, 0.15) is 6.10 Å². The quantitative estimate of drug-likeness (QED) is 0.471. The summed E-state index contributed by atoms with van der Waals surface area (Å²) in [5.74, 6) is -1.19. The Morgan fingerprint density at radius 1 is 1.32 bits per heavy atom. The summed E-state index contributed by atoms with van der Waals surface area (Å²) in [4.78, 5) is 20.9. The third-order valence-corrected chi connectivity index (χ3v) is 2.62. The van der Waals surface area contributed by atoms with E-state index in [1.165, 1.54) is 18.9 Å². The van der Waals surface area contributed by atoms with Crippen LogP contribution in [0.15, 0.2) is 37.0 Å². The molecule has 0 saturated heterocycles. The molecule has 1 N–H and O–H groups in total. The smallest absolute Gasteiger partial charge is 0.333 e. The van der Waals surface area contributed by atoms with E-state index in [2.05, 4.69) is 19.7 Å². The minimum absolute atomic E-state index is 0.166. The van der Waals surface area contributed by atoms with Gasteiger partial charge in [-0.15, -0.1) is 6.58 Å². The van der Waals surface area contributed by atoms with Crippen molar-refractivity contribution >= 4 is 11.9 Å². The molecule has 4 nitrogen and oxygen atoms in total. The number of hydrogen-bond acceptors (Lipinski definition) is 3. The number of rotatable bonds is 5. The molecule has 0 bridgehead atoms. The highest BCUT2D eigenvalue weighted by atomic mass is 16.5. The second kappa shape index (κ2) is 9.14. The summed E-state index contributed by atoms with van der Waals surface area (Å²) < 4.78 is 5.13. The second-order valence-electron chi connectivity index (χ2n) is 4.49. The first-order chi connectivity index (χ1) is 8.88. The molecule has 1 saturated carbocycles. The topological polar surface area (TPSA) is 63.6 Å². The van der Waals surface area contributed by atoms with Crippen molar-refractivity contribution in [3.8, 4) is 0 Å². The lowest BCUT2D eigenvalue weighted by Crippen LogP contribution is -2.14. The second-order valence-corrected chi connectivity index (χ2v) is 4.49. The molecular weight excluding hydrogens is 244 g/mol. The Morgan fingerprint density at radius 3 is 2.16 bits per heavy atom. The number of ether oxygens (including phenoxy) is 1. The fraction of sp³-hybridized carbons (Fsp3) is 0.467. The van der Waals surface area contributed by atoms with Gasteiger partial charge in [-0.25, -0.2) is 9.59 Å². The molecule has 0 aromatic carbocycles. The number of aliphatic carboxylic acids is 1. The van der Waals surface area contributed by atoms with Crippen LogP contribution in [0.1, 0.15) is 39.0 Å². The van der Waals surface area contributed by atoms with Gasteiger partial charge in [0.15, 0.2) is 0 Å². The largest absolute Gasteiger partial charge is 0.478 e. The van der Waals surface area contributed by atoms with Crippen molar-refractivity contribution in [3.63, 3.8) is 0 Å². The normalized spacial score (nSPS) is 13.9. The molecule has 0 unspecified atom stereocenters. The van der Waals surface area contributed by atoms with Gasteiger partial charge in [0.05, 0.1) is 0 Å². The Balaban J connectivity index is 0.000000362. The van der Waals surface area contributed by atoms with E-state index in [9.17, 15) is 9.59 Å². The van der Waals surface area contributed by atoms with Crippen molar-refractivity contribution in [1.29, 1.82) is 0 Å².